The van der Waals surface area contributed by atoms with E-state index in [0.29, 0.717) is 10.7 Å². The number of halogens is 1. The predicted molar refractivity (Wildman–Crippen MR) is 91.7 cm³/mol. The Hall–Kier alpha value is -2.30. The van der Waals surface area contributed by atoms with Crippen LogP contribution in [0.5, 0.6) is 0 Å². The molecule has 2 N–H and O–H groups in total. The fraction of sp³-hybridized carbons (Fsp3) is 0.167. The number of benzene rings is 2. The Morgan fingerprint density at radius 1 is 1.22 bits per heavy atom. The highest BCUT2D eigenvalue weighted by molar-refractivity contribution is 6.31. The monoisotopic (exact) mass is 328 g/mol. The molecule has 1 heterocycles. The van der Waals surface area contributed by atoms with Gasteiger partial charge in [0.05, 0.1) is 12.6 Å². The number of amides is 1. The van der Waals surface area contributed by atoms with Crippen LogP contribution in [-0.4, -0.2) is 22.2 Å². The summed E-state index contributed by atoms with van der Waals surface area (Å²) in [4.78, 5) is 12.6. The smallest absolute Gasteiger partial charge is 0.268 e. The standard InChI is InChI=1S/C18H17ClN2O2/c1-21-16-8-7-14(19)9-13(16)10-17(21)18(23)20-15(11-22)12-5-3-2-4-6-12/h2-10,15,22H,11H2,1H3,(H,20,23). The Morgan fingerprint density at radius 2 is 1.96 bits per heavy atom. The minimum absolute atomic E-state index is 0.161. The summed E-state index contributed by atoms with van der Waals surface area (Å²) >= 11 is 6.00. The van der Waals surface area contributed by atoms with Crippen LogP contribution in [0, 0.1) is 0 Å². The zero-order chi connectivity index (χ0) is 16.4. The third kappa shape index (κ3) is 3.09. The van der Waals surface area contributed by atoms with Crippen LogP contribution in [0.25, 0.3) is 10.9 Å². The lowest BCUT2D eigenvalue weighted by Crippen LogP contribution is -2.31. The second-order valence-electron chi connectivity index (χ2n) is 5.41. The van der Waals surface area contributed by atoms with Crippen molar-refractivity contribution in [2.45, 2.75) is 6.04 Å². The van der Waals surface area contributed by atoms with Gasteiger partial charge < -0.3 is 15.0 Å². The molecule has 2 aromatic carbocycles. The van der Waals surface area contributed by atoms with Gasteiger partial charge in [0.15, 0.2) is 0 Å². The van der Waals surface area contributed by atoms with E-state index < -0.39 is 6.04 Å². The zero-order valence-corrected chi connectivity index (χ0v) is 13.4. The van der Waals surface area contributed by atoms with Crippen LogP contribution in [0.3, 0.4) is 0 Å². The van der Waals surface area contributed by atoms with Crippen molar-refractivity contribution in [1.29, 1.82) is 0 Å². The van der Waals surface area contributed by atoms with Gasteiger partial charge in [-0.15, -0.1) is 0 Å². The number of aromatic nitrogens is 1. The number of aliphatic hydroxyl groups is 1. The SMILES string of the molecule is Cn1c(C(=O)NC(CO)c2ccccc2)cc2cc(Cl)ccc21. The van der Waals surface area contributed by atoms with E-state index in [1.807, 2.05) is 54.1 Å². The maximum Gasteiger partial charge on any atom is 0.268 e. The molecule has 23 heavy (non-hydrogen) atoms. The number of nitrogens with one attached hydrogen (secondary N) is 1. The van der Waals surface area contributed by atoms with Crippen molar-refractivity contribution in [1.82, 2.24) is 9.88 Å². The molecule has 0 radical (unpaired) electrons. The van der Waals surface area contributed by atoms with Gasteiger partial charge in [0.25, 0.3) is 5.91 Å². The third-order valence-corrected chi connectivity index (χ3v) is 4.16. The quantitative estimate of drug-likeness (QED) is 0.772. The van der Waals surface area contributed by atoms with E-state index in [-0.39, 0.29) is 12.5 Å². The van der Waals surface area contributed by atoms with Crippen LogP contribution in [-0.2, 0) is 7.05 Å². The van der Waals surface area contributed by atoms with Crippen LogP contribution >= 0.6 is 11.6 Å². The molecule has 1 unspecified atom stereocenters. The molecule has 3 rings (SSSR count). The summed E-state index contributed by atoms with van der Waals surface area (Å²) in [6.07, 6.45) is 0. The molecule has 3 aromatic rings. The fourth-order valence-corrected chi connectivity index (χ4v) is 2.87. The van der Waals surface area contributed by atoms with Crippen LogP contribution in [0.1, 0.15) is 22.1 Å². The average Bonchev–Trinajstić information content (AvgIpc) is 2.89. The number of fused-ring (bicyclic) bond motifs is 1. The van der Waals surface area contributed by atoms with Gasteiger partial charge >= 0.3 is 0 Å². The maximum atomic E-state index is 12.6. The van der Waals surface area contributed by atoms with Crippen LogP contribution < -0.4 is 5.32 Å². The van der Waals surface area contributed by atoms with Crippen LogP contribution in [0.4, 0.5) is 0 Å². The summed E-state index contributed by atoms with van der Waals surface area (Å²) in [5, 5.41) is 14.0. The lowest BCUT2D eigenvalue weighted by atomic mass is 10.1. The maximum absolute atomic E-state index is 12.6. The predicted octanol–water partition coefficient (Wildman–Crippen LogP) is 3.30. The molecule has 0 saturated carbocycles. The Balaban J connectivity index is 1.89. The van der Waals surface area contributed by atoms with E-state index in [1.54, 1.807) is 12.1 Å². The molecule has 0 bridgehead atoms. The molecule has 1 aromatic heterocycles. The molecule has 1 amide bonds. The Kier molecular flexibility index (Phi) is 4.37. The summed E-state index contributed by atoms with van der Waals surface area (Å²) in [5.74, 6) is -0.234. The van der Waals surface area contributed by atoms with E-state index >= 15 is 0 Å². The Labute approximate surface area is 139 Å². The van der Waals surface area contributed by atoms with Gasteiger partial charge in [-0.1, -0.05) is 41.9 Å². The molecule has 0 aliphatic carbocycles. The normalized spacial score (nSPS) is 12.3. The van der Waals surface area contributed by atoms with Gasteiger partial charge in [-0.05, 0) is 29.8 Å². The van der Waals surface area contributed by atoms with Crippen molar-refractivity contribution >= 4 is 28.4 Å². The van der Waals surface area contributed by atoms with Gasteiger partial charge in [-0.2, -0.15) is 0 Å². The van der Waals surface area contributed by atoms with Gasteiger partial charge in [0, 0.05) is 23.0 Å². The van der Waals surface area contributed by atoms with E-state index in [0.717, 1.165) is 16.5 Å². The second-order valence-corrected chi connectivity index (χ2v) is 5.85. The van der Waals surface area contributed by atoms with Crippen molar-refractivity contribution in [2.24, 2.45) is 7.05 Å². The Morgan fingerprint density at radius 3 is 2.65 bits per heavy atom. The van der Waals surface area contributed by atoms with E-state index in [1.165, 1.54) is 0 Å². The molecule has 4 nitrogen and oxygen atoms in total. The van der Waals surface area contributed by atoms with Crippen molar-refractivity contribution in [3.05, 3.63) is 70.9 Å². The van der Waals surface area contributed by atoms with Gasteiger partial charge in [0.1, 0.15) is 5.69 Å². The van der Waals surface area contributed by atoms with E-state index in [2.05, 4.69) is 5.32 Å². The second kappa shape index (κ2) is 6.44. The molecular formula is C18H17ClN2O2. The molecule has 118 valence electrons. The first kappa shape index (κ1) is 15.6. The minimum atomic E-state index is -0.440. The number of aliphatic hydroxyl groups excluding tert-OH is 1. The van der Waals surface area contributed by atoms with Crippen molar-refractivity contribution in [3.63, 3.8) is 0 Å². The van der Waals surface area contributed by atoms with Crippen molar-refractivity contribution in [2.75, 3.05) is 6.61 Å². The average molecular weight is 329 g/mol. The summed E-state index contributed by atoms with van der Waals surface area (Å²) in [6, 6.07) is 16.3. The zero-order valence-electron chi connectivity index (χ0n) is 12.7. The lowest BCUT2D eigenvalue weighted by molar-refractivity contribution is 0.0908. The molecule has 0 fully saturated rings. The number of nitrogens with zero attached hydrogens (tertiary/aromatic N) is 1. The molecule has 5 heteroatoms. The Bertz CT molecular complexity index is 843. The van der Waals surface area contributed by atoms with Crippen molar-refractivity contribution in [3.8, 4) is 0 Å². The van der Waals surface area contributed by atoms with E-state index in [9.17, 15) is 9.90 Å². The highest BCUT2D eigenvalue weighted by Gasteiger charge is 2.18. The number of hydrogen-bond donors (Lipinski definition) is 2. The molecular weight excluding hydrogens is 312 g/mol. The largest absolute Gasteiger partial charge is 0.394 e. The van der Waals surface area contributed by atoms with E-state index in [4.69, 9.17) is 11.6 Å². The fourth-order valence-electron chi connectivity index (χ4n) is 2.69. The highest BCUT2D eigenvalue weighted by Crippen LogP contribution is 2.23. The highest BCUT2D eigenvalue weighted by atomic mass is 35.5. The topological polar surface area (TPSA) is 54.3 Å². The van der Waals surface area contributed by atoms with Crippen LogP contribution in [0.2, 0.25) is 5.02 Å². The number of carbonyl (C=O) groups is 1. The molecule has 0 saturated heterocycles. The van der Waals surface area contributed by atoms with Gasteiger partial charge in [0.2, 0.25) is 0 Å². The number of hydrogen-bond acceptors (Lipinski definition) is 2. The first-order valence-corrected chi connectivity index (χ1v) is 7.69. The summed E-state index contributed by atoms with van der Waals surface area (Å²) in [5.41, 5.74) is 2.32. The number of carbonyl (C=O) groups excluding carboxylic acids is 1. The van der Waals surface area contributed by atoms with Crippen molar-refractivity contribution < 1.29 is 9.90 Å². The number of aryl methyl sites for hydroxylation is 1. The van der Waals surface area contributed by atoms with Crippen LogP contribution in [0.15, 0.2) is 54.6 Å². The first-order valence-electron chi connectivity index (χ1n) is 7.32. The third-order valence-electron chi connectivity index (χ3n) is 3.93. The summed E-state index contributed by atoms with van der Waals surface area (Å²) in [7, 11) is 1.83. The molecule has 0 aliphatic rings. The first-order chi connectivity index (χ1) is 11.1. The summed E-state index contributed by atoms with van der Waals surface area (Å²) in [6.45, 7) is -0.161. The van der Waals surface area contributed by atoms with Gasteiger partial charge in [-0.3, -0.25) is 4.79 Å². The number of rotatable bonds is 4. The molecule has 0 spiro atoms. The minimum Gasteiger partial charge on any atom is -0.394 e. The molecule has 1 atom stereocenters. The lowest BCUT2D eigenvalue weighted by Gasteiger charge is -2.17. The van der Waals surface area contributed by atoms with Gasteiger partial charge in [-0.25, -0.2) is 0 Å². The molecule has 0 aliphatic heterocycles. The summed E-state index contributed by atoms with van der Waals surface area (Å²) < 4.78 is 1.82.